The molecule has 2 aromatic rings. The highest BCUT2D eigenvalue weighted by atomic mass is 79.9. The van der Waals surface area contributed by atoms with Crippen molar-refractivity contribution in [3.05, 3.63) is 63.6 Å². The minimum absolute atomic E-state index is 0.0602. The second-order valence-electron chi connectivity index (χ2n) is 7.45. The molecule has 0 N–H and O–H groups in total. The SMILES string of the molecule is CCC1(C)C(/C=C/c2ccc(N(C)C)cc2C=O)=[N+](C)c2ccc(Br)cc21. The first kappa shape index (κ1) is 19.6. The van der Waals surface area contributed by atoms with E-state index in [1.54, 1.807) is 0 Å². The third kappa shape index (κ3) is 3.39. The molecule has 1 aliphatic heterocycles. The van der Waals surface area contributed by atoms with Gasteiger partial charge in [-0.05, 0) is 49.2 Å². The molecule has 1 atom stereocenters. The number of benzene rings is 2. The summed E-state index contributed by atoms with van der Waals surface area (Å²) in [4.78, 5) is 13.6. The van der Waals surface area contributed by atoms with Crippen LogP contribution in [0.4, 0.5) is 11.4 Å². The molecule has 1 unspecified atom stereocenters. The largest absolute Gasteiger partial charge is 0.378 e. The number of allylic oxidation sites excluding steroid dienone is 1. The number of anilines is 1. The Balaban J connectivity index is 2.05. The Bertz CT molecular complexity index is 959. The highest BCUT2D eigenvalue weighted by Crippen LogP contribution is 2.43. The molecule has 2 aromatic carbocycles. The summed E-state index contributed by atoms with van der Waals surface area (Å²) in [6, 6.07) is 12.5. The molecule has 3 rings (SSSR count). The van der Waals surface area contributed by atoms with E-state index in [0.717, 1.165) is 28.4 Å². The molecular weight excluding hydrogens is 400 g/mol. The zero-order valence-electron chi connectivity index (χ0n) is 16.6. The molecule has 0 radical (unpaired) electrons. The van der Waals surface area contributed by atoms with E-state index in [1.165, 1.54) is 17.0 Å². The fourth-order valence-corrected chi connectivity index (χ4v) is 4.17. The van der Waals surface area contributed by atoms with E-state index >= 15 is 0 Å². The van der Waals surface area contributed by atoms with Gasteiger partial charge in [-0.3, -0.25) is 4.79 Å². The van der Waals surface area contributed by atoms with Crippen molar-refractivity contribution in [2.24, 2.45) is 0 Å². The van der Waals surface area contributed by atoms with Gasteiger partial charge in [-0.2, -0.15) is 4.58 Å². The van der Waals surface area contributed by atoms with Crippen LogP contribution in [-0.2, 0) is 5.41 Å². The number of rotatable bonds is 5. The Hall–Kier alpha value is -2.20. The van der Waals surface area contributed by atoms with Gasteiger partial charge in [-0.15, -0.1) is 0 Å². The van der Waals surface area contributed by atoms with Crippen LogP contribution < -0.4 is 4.90 Å². The molecule has 27 heavy (non-hydrogen) atoms. The Kier molecular flexibility index (Phi) is 5.38. The van der Waals surface area contributed by atoms with Gasteiger partial charge < -0.3 is 4.90 Å². The molecule has 1 aliphatic rings. The predicted octanol–water partition coefficient (Wildman–Crippen LogP) is 5.44. The molecule has 0 bridgehead atoms. The van der Waals surface area contributed by atoms with Gasteiger partial charge in [0.15, 0.2) is 12.0 Å². The maximum atomic E-state index is 11.6. The summed E-state index contributed by atoms with van der Waals surface area (Å²) in [6.45, 7) is 4.51. The predicted molar refractivity (Wildman–Crippen MR) is 118 cm³/mol. The molecule has 3 nitrogen and oxygen atoms in total. The average molecular weight is 426 g/mol. The summed E-state index contributed by atoms with van der Waals surface area (Å²) in [5.74, 6) is 0. The fourth-order valence-electron chi connectivity index (χ4n) is 3.81. The van der Waals surface area contributed by atoms with Crippen molar-refractivity contribution in [1.82, 2.24) is 0 Å². The molecule has 0 aromatic heterocycles. The highest BCUT2D eigenvalue weighted by molar-refractivity contribution is 9.10. The molecule has 4 heteroatoms. The summed E-state index contributed by atoms with van der Waals surface area (Å²) in [5, 5.41) is 0. The van der Waals surface area contributed by atoms with E-state index in [9.17, 15) is 4.79 Å². The summed E-state index contributed by atoms with van der Waals surface area (Å²) in [5.41, 5.74) is 6.42. The Labute approximate surface area is 170 Å². The van der Waals surface area contributed by atoms with Crippen LogP contribution in [0.5, 0.6) is 0 Å². The molecule has 0 fully saturated rings. The molecule has 0 aliphatic carbocycles. The van der Waals surface area contributed by atoms with E-state index in [0.29, 0.717) is 5.56 Å². The Morgan fingerprint density at radius 1 is 1.11 bits per heavy atom. The first-order valence-corrected chi connectivity index (χ1v) is 9.97. The minimum atomic E-state index is -0.0602. The zero-order chi connectivity index (χ0) is 19.8. The smallest absolute Gasteiger partial charge is 0.209 e. The summed E-state index contributed by atoms with van der Waals surface area (Å²) < 4.78 is 3.36. The van der Waals surface area contributed by atoms with E-state index < -0.39 is 0 Å². The third-order valence-electron chi connectivity index (χ3n) is 5.68. The summed E-state index contributed by atoms with van der Waals surface area (Å²) in [6.07, 6.45) is 6.15. The van der Waals surface area contributed by atoms with Crippen LogP contribution in [0, 0.1) is 0 Å². The van der Waals surface area contributed by atoms with Gasteiger partial charge in [0, 0.05) is 47.5 Å². The first-order chi connectivity index (χ1) is 12.8. The van der Waals surface area contributed by atoms with Crippen LogP contribution in [-0.4, -0.2) is 37.7 Å². The topological polar surface area (TPSA) is 23.3 Å². The van der Waals surface area contributed by atoms with Crippen molar-refractivity contribution in [2.45, 2.75) is 25.7 Å². The number of hydrogen-bond donors (Lipinski definition) is 0. The lowest BCUT2D eigenvalue weighted by molar-refractivity contribution is -0.401. The van der Waals surface area contributed by atoms with Gasteiger partial charge in [0.25, 0.3) is 0 Å². The van der Waals surface area contributed by atoms with E-state index in [2.05, 4.69) is 71.8 Å². The van der Waals surface area contributed by atoms with E-state index in [4.69, 9.17) is 0 Å². The highest BCUT2D eigenvalue weighted by Gasteiger charge is 2.45. The molecule has 1 heterocycles. The standard InChI is InChI=1S/C23H26BrN2O/c1-6-23(2)20-14-18(24)9-11-21(20)26(5)22(23)12-8-16-7-10-19(25(3)4)13-17(16)15-27/h7-15H,6H2,1-5H3/q+1. The lowest BCUT2D eigenvalue weighted by Gasteiger charge is -2.20. The number of hydrogen-bond acceptors (Lipinski definition) is 2. The van der Waals surface area contributed by atoms with Gasteiger partial charge in [-0.25, -0.2) is 0 Å². The lowest BCUT2D eigenvalue weighted by atomic mass is 9.77. The number of nitrogens with zero attached hydrogens (tertiary/aromatic N) is 2. The number of fused-ring (bicyclic) bond motifs is 1. The van der Waals surface area contributed by atoms with Crippen molar-refractivity contribution in [1.29, 1.82) is 0 Å². The maximum absolute atomic E-state index is 11.6. The van der Waals surface area contributed by atoms with Gasteiger partial charge in [0.05, 0.1) is 5.41 Å². The summed E-state index contributed by atoms with van der Waals surface area (Å²) >= 11 is 3.61. The quantitative estimate of drug-likeness (QED) is 0.470. The Morgan fingerprint density at radius 3 is 2.48 bits per heavy atom. The van der Waals surface area contributed by atoms with E-state index in [-0.39, 0.29) is 5.41 Å². The zero-order valence-corrected chi connectivity index (χ0v) is 18.2. The van der Waals surface area contributed by atoms with Gasteiger partial charge in [0.2, 0.25) is 5.69 Å². The number of carbonyl (C=O) groups excluding carboxylic acids is 1. The van der Waals surface area contributed by atoms with Gasteiger partial charge >= 0.3 is 0 Å². The van der Waals surface area contributed by atoms with Crippen molar-refractivity contribution in [3.8, 4) is 0 Å². The lowest BCUT2D eigenvalue weighted by Crippen LogP contribution is -2.29. The van der Waals surface area contributed by atoms with Crippen molar-refractivity contribution in [3.63, 3.8) is 0 Å². The molecule has 0 spiro atoms. The second kappa shape index (κ2) is 7.43. The molecular formula is C23H26BrN2O+. The Morgan fingerprint density at radius 2 is 1.85 bits per heavy atom. The number of carbonyl (C=O) groups is 1. The van der Waals surface area contributed by atoms with Crippen LogP contribution in [0.15, 0.2) is 46.9 Å². The normalized spacial score (nSPS) is 18.9. The number of halogens is 1. The number of aldehydes is 1. The maximum Gasteiger partial charge on any atom is 0.209 e. The average Bonchev–Trinajstić information content (AvgIpc) is 2.87. The van der Waals surface area contributed by atoms with Gasteiger partial charge in [0.1, 0.15) is 7.05 Å². The van der Waals surface area contributed by atoms with Crippen LogP contribution in [0.2, 0.25) is 0 Å². The second-order valence-corrected chi connectivity index (χ2v) is 8.37. The summed E-state index contributed by atoms with van der Waals surface area (Å²) in [7, 11) is 6.07. The van der Waals surface area contributed by atoms with Crippen molar-refractivity contribution >= 4 is 45.4 Å². The fraction of sp³-hybridized carbons (Fsp3) is 0.304. The molecule has 0 saturated heterocycles. The van der Waals surface area contributed by atoms with Crippen LogP contribution >= 0.6 is 15.9 Å². The van der Waals surface area contributed by atoms with Gasteiger partial charge in [-0.1, -0.05) is 28.9 Å². The monoisotopic (exact) mass is 425 g/mol. The minimum Gasteiger partial charge on any atom is -0.378 e. The third-order valence-corrected chi connectivity index (χ3v) is 6.18. The molecule has 0 amide bonds. The van der Waals surface area contributed by atoms with Crippen LogP contribution in [0.25, 0.3) is 6.08 Å². The molecule has 140 valence electrons. The molecule has 0 saturated carbocycles. The van der Waals surface area contributed by atoms with Crippen molar-refractivity contribution in [2.75, 3.05) is 26.0 Å². The van der Waals surface area contributed by atoms with Crippen LogP contribution in [0.1, 0.15) is 41.8 Å². The first-order valence-electron chi connectivity index (χ1n) is 9.17. The van der Waals surface area contributed by atoms with Crippen LogP contribution in [0.3, 0.4) is 0 Å². The van der Waals surface area contributed by atoms with E-state index in [1.807, 2.05) is 37.2 Å². The van der Waals surface area contributed by atoms with Crippen molar-refractivity contribution < 1.29 is 9.37 Å².